The smallest absolute Gasteiger partial charge is 0.338 e. The van der Waals surface area contributed by atoms with Crippen LogP contribution < -0.4 is 16.8 Å². The number of ketones is 3. The van der Waals surface area contributed by atoms with Gasteiger partial charge in [0.15, 0.2) is 34.8 Å². The van der Waals surface area contributed by atoms with Gasteiger partial charge in [-0.3, -0.25) is 24.0 Å². The Kier molecular flexibility index (Phi) is 25.1. The highest BCUT2D eigenvalue weighted by Crippen LogP contribution is 2.32. The third-order valence-corrected chi connectivity index (χ3v) is 14.4. The summed E-state index contributed by atoms with van der Waals surface area (Å²) in [4.78, 5) is 69.2. The highest BCUT2D eigenvalue weighted by atomic mass is 32.1. The van der Waals surface area contributed by atoms with Gasteiger partial charge in [0, 0.05) is 67.5 Å². The second kappa shape index (κ2) is 32.0. The van der Waals surface area contributed by atoms with E-state index in [4.69, 9.17) is 11.5 Å². The predicted molar refractivity (Wildman–Crippen MR) is 315 cm³/mol. The molecule has 0 saturated heterocycles. The van der Waals surface area contributed by atoms with Crippen LogP contribution in [0.25, 0.3) is 21.8 Å². The number of amides is 1. The number of aromatic carboxylic acids is 1. The fraction of sp³-hybridized carbons (Fsp3) is 0.180. The number of carboxylic acids is 1. The summed E-state index contributed by atoms with van der Waals surface area (Å²) in [6, 6.07) is 29.0. The van der Waals surface area contributed by atoms with Crippen molar-refractivity contribution in [2.45, 2.75) is 66.8 Å². The van der Waals surface area contributed by atoms with Crippen LogP contribution >= 0.6 is 34.0 Å². The number of thiophene rings is 3. The molecule has 5 aromatic heterocycles. The normalized spacial score (nSPS) is 11.2. The third kappa shape index (κ3) is 19.4. The lowest BCUT2D eigenvalue weighted by atomic mass is 10.1. The molecule has 1 aliphatic carbocycles. The number of fused-ring (bicyclic) bond motifs is 2. The monoisotopic (exact) mass is 1190 g/mol. The maximum Gasteiger partial charge on any atom is 0.338 e. The number of Topliss-reactive ketones (excluding diaryl/α,β-unsaturated/α-hetero) is 1. The zero-order valence-corrected chi connectivity index (χ0v) is 47.8. The van der Waals surface area contributed by atoms with E-state index in [-0.39, 0.29) is 59.8 Å². The van der Waals surface area contributed by atoms with Crippen LogP contribution in [0.2, 0.25) is 0 Å². The minimum atomic E-state index is -0.969. The largest absolute Gasteiger partial charge is 0.508 e. The Morgan fingerprint density at radius 3 is 1.43 bits per heavy atom. The number of nitrogens with one attached hydrogen (secondary N) is 1. The molecule has 0 aliphatic heterocycles. The summed E-state index contributed by atoms with van der Waals surface area (Å²) in [5, 5.41) is 38.9. The summed E-state index contributed by atoms with van der Waals surface area (Å²) in [5.74, 6) is -5.56. The van der Waals surface area contributed by atoms with Crippen molar-refractivity contribution >= 4 is 91.0 Å². The van der Waals surface area contributed by atoms with Crippen LogP contribution in [0.5, 0.6) is 11.5 Å². The van der Waals surface area contributed by atoms with Gasteiger partial charge in [0.05, 0.1) is 30.8 Å². The SMILES string of the molecule is CCOC(=O)CC(C)=O.Cc1c(C(=O)NCc2ccc(F)c(F)c2)c2cc(O)ccc2n1Cc1cccs1.Cc1c(C(=O)O)c2cc(O)ccc2n1Cc1cccs1.NCc1ccc(F)c(F)c1.NCc1cccs1.O=C1C=CC(=O)C=C1. The van der Waals surface area contributed by atoms with Crippen LogP contribution in [0.4, 0.5) is 17.6 Å². The molecule has 0 bridgehead atoms. The number of aromatic hydroxyl groups is 2. The average Bonchev–Trinajstić information content (AvgIpc) is 4.22. The maximum absolute atomic E-state index is 13.4. The number of carbonyl (C=O) groups excluding carboxylic acids is 5. The number of nitrogens with two attached hydrogens (primary N) is 2. The van der Waals surface area contributed by atoms with Crippen LogP contribution in [0.1, 0.15) is 78.1 Å². The molecule has 8 N–H and O–H groups in total. The number of rotatable bonds is 13. The van der Waals surface area contributed by atoms with E-state index in [2.05, 4.69) is 10.1 Å². The van der Waals surface area contributed by atoms with Gasteiger partial charge in [-0.1, -0.05) is 30.3 Å². The average molecular weight is 1190 g/mol. The lowest BCUT2D eigenvalue weighted by Gasteiger charge is -2.08. The van der Waals surface area contributed by atoms with E-state index in [1.165, 1.54) is 54.3 Å². The summed E-state index contributed by atoms with van der Waals surface area (Å²) in [6.07, 6.45) is 4.91. The zero-order valence-electron chi connectivity index (χ0n) is 45.4. The molecular formula is C61H59F4N5O10S3. The number of phenolic OH excluding ortho intramolecular Hbond substituents is 2. The molecule has 0 unspecified atom stereocenters. The molecule has 9 aromatic rings. The fourth-order valence-electron chi connectivity index (χ4n) is 7.89. The van der Waals surface area contributed by atoms with E-state index in [1.54, 1.807) is 78.2 Å². The van der Waals surface area contributed by atoms with Crippen molar-refractivity contribution in [1.29, 1.82) is 0 Å². The standard InChI is InChI=1S/C22H18F2N2O2S.C15H13NO3S.C7H7F2N.C6H10O3.C6H4O2.C5H7NS/c1-13-21(22(28)25-11-14-4-6-18(23)19(24)9-14)17-10-15(27)5-7-20(17)26(13)12-16-3-2-8-29-16;1-9-14(15(18)19)12-7-10(17)4-5-13(12)16(9)8-11-3-2-6-20-11;8-6-2-1-5(4-10)3-7(6)9;1-3-9-6(8)4-5(2)7;7-5-1-2-6(8)4-3-5;6-4-5-2-1-3-7-5/h2-10,27H,11-12H2,1H3,(H,25,28);2-7,17H,8H2,1H3,(H,18,19);1-3H,4,10H2;3-4H2,1-2H3;1-4H;1-3H,4,6H2. The van der Waals surface area contributed by atoms with Gasteiger partial charge >= 0.3 is 11.9 Å². The number of allylic oxidation sites excluding steroid dienone is 4. The van der Waals surface area contributed by atoms with E-state index < -0.39 is 35.2 Å². The quantitative estimate of drug-likeness (QED) is 0.0273. The summed E-state index contributed by atoms with van der Waals surface area (Å²) < 4.78 is 59.6. The van der Waals surface area contributed by atoms with Crippen molar-refractivity contribution in [3.63, 3.8) is 0 Å². The minimum Gasteiger partial charge on any atom is -0.508 e. The van der Waals surface area contributed by atoms with E-state index in [0.717, 1.165) is 50.7 Å². The Morgan fingerprint density at radius 2 is 1.04 bits per heavy atom. The Labute approximate surface area is 487 Å². The van der Waals surface area contributed by atoms with Crippen LogP contribution in [0, 0.1) is 37.1 Å². The molecule has 0 saturated carbocycles. The second-order valence-corrected chi connectivity index (χ2v) is 20.9. The number of hydrogen-bond acceptors (Lipinski definition) is 14. The Balaban J connectivity index is 0.000000201. The van der Waals surface area contributed by atoms with E-state index >= 15 is 0 Å². The first-order valence-electron chi connectivity index (χ1n) is 25.2. The summed E-state index contributed by atoms with van der Waals surface area (Å²) in [6.45, 7) is 9.28. The number of carbonyl (C=O) groups is 6. The van der Waals surface area contributed by atoms with Crippen molar-refractivity contribution in [2.75, 3.05) is 6.61 Å². The lowest BCUT2D eigenvalue weighted by molar-refractivity contribution is -0.145. The first-order chi connectivity index (χ1) is 39.6. The molecule has 22 heteroatoms. The molecule has 0 spiro atoms. The molecule has 10 rings (SSSR count). The van der Waals surface area contributed by atoms with Crippen molar-refractivity contribution in [3.8, 4) is 11.5 Å². The van der Waals surface area contributed by atoms with Crippen molar-refractivity contribution in [2.24, 2.45) is 11.5 Å². The molecule has 0 fully saturated rings. The molecule has 0 atom stereocenters. The molecule has 4 aromatic carbocycles. The summed E-state index contributed by atoms with van der Waals surface area (Å²) >= 11 is 4.97. The van der Waals surface area contributed by atoms with E-state index in [1.807, 2.05) is 68.6 Å². The van der Waals surface area contributed by atoms with Crippen LogP contribution in [-0.2, 0) is 56.6 Å². The van der Waals surface area contributed by atoms with Gasteiger partial charge in [-0.15, -0.1) is 34.0 Å². The number of ether oxygens (including phenoxy) is 1. The highest BCUT2D eigenvalue weighted by molar-refractivity contribution is 7.10. The Bertz CT molecular complexity index is 3700. The Morgan fingerprint density at radius 1 is 0.590 bits per heavy atom. The number of halogens is 4. The molecule has 434 valence electrons. The third-order valence-electron chi connectivity index (χ3n) is 11.8. The summed E-state index contributed by atoms with van der Waals surface area (Å²) in [5.41, 5.74) is 15.4. The van der Waals surface area contributed by atoms with Gasteiger partial charge in [-0.2, -0.15) is 0 Å². The number of aromatic nitrogens is 2. The maximum atomic E-state index is 13.4. The van der Waals surface area contributed by atoms with E-state index in [9.17, 15) is 61.6 Å². The highest BCUT2D eigenvalue weighted by Gasteiger charge is 2.22. The number of phenols is 2. The topological polar surface area (TPSA) is 246 Å². The van der Waals surface area contributed by atoms with Crippen molar-refractivity contribution < 1.29 is 66.4 Å². The molecular weight excluding hydrogens is 1130 g/mol. The number of benzene rings is 4. The first-order valence-corrected chi connectivity index (χ1v) is 27.9. The van der Waals surface area contributed by atoms with E-state index in [0.29, 0.717) is 59.4 Å². The van der Waals surface area contributed by atoms with Gasteiger partial charge in [0.1, 0.15) is 23.7 Å². The van der Waals surface area contributed by atoms with Gasteiger partial charge in [-0.25, -0.2) is 22.4 Å². The van der Waals surface area contributed by atoms with Crippen LogP contribution in [0.3, 0.4) is 0 Å². The second-order valence-electron chi connectivity index (χ2n) is 17.8. The molecule has 83 heavy (non-hydrogen) atoms. The van der Waals surface area contributed by atoms with Gasteiger partial charge in [0.2, 0.25) is 0 Å². The summed E-state index contributed by atoms with van der Waals surface area (Å²) in [7, 11) is 0. The molecule has 5 heterocycles. The number of nitrogens with zero attached hydrogens (tertiary/aromatic N) is 2. The minimum absolute atomic E-state index is 0.0614. The molecule has 0 radical (unpaired) electrons. The lowest BCUT2D eigenvalue weighted by Crippen LogP contribution is -2.23. The number of esters is 1. The van der Waals surface area contributed by atoms with Gasteiger partial charge < -0.3 is 46.0 Å². The van der Waals surface area contributed by atoms with Crippen molar-refractivity contribution in [1.82, 2.24) is 14.5 Å². The predicted octanol–water partition coefficient (Wildman–Crippen LogP) is 11.8. The van der Waals surface area contributed by atoms with Gasteiger partial charge in [0.25, 0.3) is 5.91 Å². The van der Waals surface area contributed by atoms with Crippen molar-refractivity contribution in [3.05, 3.63) is 221 Å². The first kappa shape index (κ1) is 65.0. The number of hydrogen-bond donors (Lipinski definition) is 6. The zero-order chi connectivity index (χ0) is 60.8. The van der Waals surface area contributed by atoms with Crippen LogP contribution in [-0.4, -0.2) is 66.3 Å². The molecule has 1 amide bonds. The molecule has 15 nitrogen and oxygen atoms in total. The number of carboxylic acid groups (broad SMARTS) is 1. The molecule has 1 aliphatic rings. The Hall–Kier alpha value is -8.80. The van der Waals surface area contributed by atoms with Gasteiger partial charge in [-0.05, 0) is 158 Å². The fourth-order valence-corrected chi connectivity index (χ4v) is 9.86. The van der Waals surface area contributed by atoms with Crippen LogP contribution in [0.15, 0.2) is 150 Å².